The quantitative estimate of drug-likeness (QED) is 0.583. The zero-order valence-corrected chi connectivity index (χ0v) is 10.0. The molecule has 0 unspecified atom stereocenters. The van der Waals surface area contributed by atoms with Crippen LogP contribution in [0.4, 0.5) is 0 Å². The molecule has 6 heteroatoms. The molecule has 1 aliphatic heterocycles. The predicted molar refractivity (Wildman–Crippen MR) is 68.5 cm³/mol. The first-order chi connectivity index (χ1) is 8.56. The number of aliphatic hydroxyl groups excluding tert-OH is 2. The summed E-state index contributed by atoms with van der Waals surface area (Å²) in [6, 6.07) is 1.68. The van der Waals surface area contributed by atoms with Crippen molar-refractivity contribution in [2.45, 2.75) is 19.3 Å². The first-order valence-electron chi connectivity index (χ1n) is 5.56. The Morgan fingerprint density at radius 2 is 2.39 bits per heavy atom. The van der Waals surface area contributed by atoms with Crippen LogP contribution in [0.2, 0.25) is 0 Å². The van der Waals surface area contributed by atoms with Crippen LogP contribution in [0, 0.1) is 0 Å². The molecule has 2 heterocycles. The molecule has 1 aromatic heterocycles. The zero-order valence-electron chi connectivity index (χ0n) is 10.0. The Labute approximate surface area is 105 Å². The number of aliphatic hydroxyl groups is 2. The molecule has 18 heavy (non-hydrogen) atoms. The van der Waals surface area contributed by atoms with Crippen molar-refractivity contribution in [1.29, 1.82) is 0 Å². The third-order valence-corrected chi connectivity index (χ3v) is 2.84. The van der Waals surface area contributed by atoms with Crippen molar-refractivity contribution in [3.63, 3.8) is 0 Å². The number of rotatable bonds is 4. The average molecular weight is 247 g/mol. The van der Waals surface area contributed by atoms with E-state index in [0.29, 0.717) is 12.0 Å². The topological polar surface area (TPSA) is 71.7 Å². The van der Waals surface area contributed by atoms with Crippen LogP contribution in [0.15, 0.2) is 24.1 Å². The summed E-state index contributed by atoms with van der Waals surface area (Å²) in [5.41, 5.74) is 2.01. The van der Waals surface area contributed by atoms with Crippen LogP contribution in [0.5, 0.6) is 0 Å². The first-order valence-corrected chi connectivity index (χ1v) is 5.56. The van der Waals surface area contributed by atoms with E-state index in [4.69, 9.17) is 9.84 Å². The molecule has 0 aliphatic carbocycles. The fraction of sp³-hybridized carbons (Fsp3) is 0.333. The van der Waals surface area contributed by atoms with Gasteiger partial charge in [-0.25, -0.2) is 0 Å². The van der Waals surface area contributed by atoms with Gasteiger partial charge in [0.2, 0.25) is 0 Å². The fourth-order valence-electron chi connectivity index (χ4n) is 1.88. The van der Waals surface area contributed by atoms with E-state index >= 15 is 0 Å². The summed E-state index contributed by atoms with van der Waals surface area (Å²) >= 11 is 0. The number of carbonyl (C=O) groups is 1. The van der Waals surface area contributed by atoms with Gasteiger partial charge >= 0.3 is 105 Å². The monoisotopic (exact) mass is 247 g/mol. The third kappa shape index (κ3) is 2.17. The van der Waals surface area contributed by atoms with Crippen LogP contribution in [-0.2, 0) is 4.74 Å². The summed E-state index contributed by atoms with van der Waals surface area (Å²) in [6.45, 7) is 1.61. The summed E-state index contributed by atoms with van der Waals surface area (Å²) in [5, 5.41) is 18.8. The molecular weight excluding hydrogens is 233 g/mol. The van der Waals surface area contributed by atoms with Gasteiger partial charge in [0.1, 0.15) is 0 Å². The summed E-state index contributed by atoms with van der Waals surface area (Å²) in [7, 11) is 3.80. The Bertz CT molecular complexity index is 520. The van der Waals surface area contributed by atoms with Gasteiger partial charge in [-0.05, 0) is 0 Å². The zero-order chi connectivity index (χ0) is 13.3. The van der Waals surface area contributed by atoms with Crippen LogP contribution in [0.1, 0.15) is 29.2 Å². The molecule has 1 aromatic rings. The van der Waals surface area contributed by atoms with Gasteiger partial charge in [-0.3, -0.25) is 0 Å². The number of hydrogen-bond acceptors (Lipinski definition) is 4. The molecule has 1 aliphatic rings. The minimum absolute atomic E-state index is 0.0129. The molecule has 0 saturated heterocycles. The normalized spacial score (nSPS) is 22.8. The number of hydrogen-bond donors (Lipinski definition) is 2. The van der Waals surface area contributed by atoms with Gasteiger partial charge in [-0.1, -0.05) is 0 Å². The van der Waals surface area contributed by atoms with Crippen molar-refractivity contribution in [1.82, 2.24) is 4.57 Å². The molecule has 0 saturated carbocycles. The van der Waals surface area contributed by atoms with E-state index in [9.17, 15) is 9.90 Å². The molecule has 0 spiro atoms. The summed E-state index contributed by atoms with van der Waals surface area (Å²) in [5.74, 6) is -0.0129. The minimum atomic E-state index is -0.768. The molecule has 2 N–H and O–H groups in total. The SMILES string of the molecule is B=C(C)c1cc(C=O)n([C@@H]2O[C@H](CO)C=C2O)c1. The molecule has 94 valence electrons. The number of aldehydes is 1. The van der Waals surface area contributed by atoms with Gasteiger partial charge in [0.25, 0.3) is 0 Å². The summed E-state index contributed by atoms with van der Waals surface area (Å²) < 4.78 is 6.95. The second-order valence-electron chi connectivity index (χ2n) is 4.26. The van der Waals surface area contributed by atoms with Crippen molar-refractivity contribution < 1.29 is 19.7 Å². The van der Waals surface area contributed by atoms with Gasteiger partial charge in [0, 0.05) is 0 Å². The van der Waals surface area contributed by atoms with Crippen molar-refractivity contribution in [2.75, 3.05) is 6.61 Å². The van der Waals surface area contributed by atoms with Crippen LogP contribution in [0.25, 0.3) is 0 Å². The van der Waals surface area contributed by atoms with Gasteiger partial charge in [-0.15, -0.1) is 0 Å². The number of nitrogens with zero attached hydrogens (tertiary/aromatic N) is 1. The number of aromatic nitrogens is 1. The van der Waals surface area contributed by atoms with Gasteiger partial charge < -0.3 is 0 Å². The van der Waals surface area contributed by atoms with Crippen LogP contribution >= 0.6 is 0 Å². The van der Waals surface area contributed by atoms with Gasteiger partial charge in [-0.2, -0.15) is 0 Å². The van der Waals surface area contributed by atoms with Crippen molar-refractivity contribution >= 4 is 19.2 Å². The van der Waals surface area contributed by atoms with Crippen molar-refractivity contribution in [3.05, 3.63) is 35.4 Å². The molecule has 2 atom stereocenters. The van der Waals surface area contributed by atoms with Gasteiger partial charge in [0.15, 0.2) is 0 Å². The molecule has 5 nitrogen and oxygen atoms in total. The second kappa shape index (κ2) is 4.92. The van der Waals surface area contributed by atoms with E-state index in [0.717, 1.165) is 11.0 Å². The Morgan fingerprint density at radius 1 is 1.67 bits per heavy atom. The van der Waals surface area contributed by atoms with Gasteiger partial charge in [0.05, 0.1) is 0 Å². The first kappa shape index (κ1) is 12.8. The average Bonchev–Trinajstić information content (AvgIpc) is 2.91. The van der Waals surface area contributed by atoms with E-state index in [1.165, 1.54) is 10.6 Å². The predicted octanol–water partition coefficient (Wildman–Crippen LogP) is 0.0734. The van der Waals surface area contributed by atoms with E-state index in [-0.39, 0.29) is 12.4 Å². The number of ether oxygens (including phenoxy) is 1. The molecule has 0 aromatic carbocycles. The maximum absolute atomic E-state index is 11.0. The Morgan fingerprint density at radius 3 is 2.89 bits per heavy atom. The van der Waals surface area contributed by atoms with Crippen LogP contribution in [-0.4, -0.2) is 46.7 Å². The molecule has 0 fully saturated rings. The Balaban J connectivity index is 2.37. The van der Waals surface area contributed by atoms with E-state index < -0.39 is 12.3 Å². The van der Waals surface area contributed by atoms with E-state index in [1.54, 1.807) is 12.3 Å². The van der Waals surface area contributed by atoms with Crippen molar-refractivity contribution in [3.8, 4) is 0 Å². The standard InChI is InChI=1S/C12H14BNO4/c1-7(13)8-2-9(5-15)14(4-8)12-11(17)3-10(6-16)18-12/h2-5,10,12-13,16-17H,6H2,1H3/t10-,12+/m0/s1. The Kier molecular flexibility index (Phi) is 3.49. The number of carbonyl (C=O) groups excluding carboxylic acids is 1. The molecule has 0 bridgehead atoms. The molecule has 0 radical (unpaired) electrons. The van der Waals surface area contributed by atoms with Crippen molar-refractivity contribution in [2.24, 2.45) is 0 Å². The Hall–Kier alpha value is -1.66. The molecule has 0 amide bonds. The molecular formula is C12H14BNO4. The second-order valence-corrected chi connectivity index (χ2v) is 4.26. The van der Waals surface area contributed by atoms with Crippen LogP contribution in [0.3, 0.4) is 0 Å². The van der Waals surface area contributed by atoms with E-state index in [2.05, 4.69) is 7.49 Å². The molecule has 2 rings (SSSR count). The maximum atomic E-state index is 11.0. The van der Waals surface area contributed by atoms with Crippen LogP contribution < -0.4 is 0 Å². The summed E-state index contributed by atoms with van der Waals surface area (Å²) in [6.07, 6.45) is 2.50. The van der Waals surface area contributed by atoms with E-state index in [1.807, 2.05) is 6.92 Å². The summed E-state index contributed by atoms with van der Waals surface area (Å²) in [4.78, 5) is 11.0. The fourth-order valence-corrected chi connectivity index (χ4v) is 1.88. The third-order valence-electron chi connectivity index (χ3n) is 2.84.